The molecule has 0 aromatic heterocycles. The van der Waals surface area contributed by atoms with Gasteiger partial charge >= 0.3 is 0 Å². The molecule has 0 bridgehead atoms. The summed E-state index contributed by atoms with van der Waals surface area (Å²) in [4.78, 5) is 13.0. The molecule has 3 heteroatoms. The molecule has 1 fully saturated rings. The number of ketones is 1. The topological polar surface area (TPSA) is 38.3 Å². The summed E-state index contributed by atoms with van der Waals surface area (Å²) in [6, 6.07) is 0. The van der Waals surface area contributed by atoms with Gasteiger partial charge in [0.05, 0.1) is 11.8 Å². The summed E-state index contributed by atoms with van der Waals surface area (Å²) in [7, 11) is 0. The first-order valence-electron chi connectivity index (χ1n) is 8.52. The summed E-state index contributed by atoms with van der Waals surface area (Å²) in [5.74, 6) is 1.22. The van der Waals surface area contributed by atoms with E-state index in [1.54, 1.807) is 0 Å². The third kappa shape index (κ3) is 3.90. The molecule has 2 atom stereocenters. The van der Waals surface area contributed by atoms with E-state index >= 15 is 0 Å². The average molecular weight is 291 g/mol. The number of hydrogen-bond donors (Lipinski definition) is 1. The second kappa shape index (κ2) is 7.67. The van der Waals surface area contributed by atoms with E-state index in [0.29, 0.717) is 11.7 Å². The summed E-state index contributed by atoms with van der Waals surface area (Å²) in [5, 5.41) is 3.31. The third-order valence-corrected chi connectivity index (χ3v) is 4.68. The van der Waals surface area contributed by atoms with Crippen molar-refractivity contribution in [3.63, 3.8) is 0 Å². The summed E-state index contributed by atoms with van der Waals surface area (Å²) in [6.07, 6.45) is 10.8. The number of Topliss-reactive ketones (excluding diaryl/α,β-unsaturated/α-hetero) is 1. The van der Waals surface area contributed by atoms with Crippen LogP contribution in [0.4, 0.5) is 0 Å². The van der Waals surface area contributed by atoms with Crippen molar-refractivity contribution in [3.8, 4) is 0 Å². The van der Waals surface area contributed by atoms with Crippen LogP contribution in [0.1, 0.15) is 59.3 Å². The number of hydrogen-bond acceptors (Lipinski definition) is 3. The van der Waals surface area contributed by atoms with Crippen molar-refractivity contribution >= 4 is 5.78 Å². The van der Waals surface area contributed by atoms with Gasteiger partial charge in [0, 0.05) is 12.5 Å². The molecule has 0 aromatic rings. The Morgan fingerprint density at radius 3 is 2.62 bits per heavy atom. The number of likely N-dealkylation sites (N-methyl/N-ethyl adjacent to an activating group) is 1. The van der Waals surface area contributed by atoms with Gasteiger partial charge in [0.15, 0.2) is 5.76 Å². The zero-order chi connectivity index (χ0) is 15.2. The number of carbonyl (C=O) groups excluding carboxylic acids is 1. The van der Waals surface area contributed by atoms with Gasteiger partial charge in [-0.25, -0.2) is 0 Å². The molecule has 1 N–H and O–H groups in total. The van der Waals surface area contributed by atoms with E-state index in [4.69, 9.17) is 4.74 Å². The highest BCUT2D eigenvalue weighted by Crippen LogP contribution is 2.31. The third-order valence-electron chi connectivity index (χ3n) is 4.68. The maximum absolute atomic E-state index is 13.0. The molecule has 0 radical (unpaired) electrons. The lowest BCUT2D eigenvalue weighted by Crippen LogP contribution is -2.30. The Bertz CT molecular complexity index is 419. The zero-order valence-electron chi connectivity index (χ0n) is 13.7. The molecule has 0 amide bonds. The molecule has 0 heterocycles. The monoisotopic (exact) mass is 291 g/mol. The van der Waals surface area contributed by atoms with Gasteiger partial charge in [-0.05, 0) is 57.4 Å². The van der Waals surface area contributed by atoms with Gasteiger partial charge in [-0.3, -0.25) is 4.79 Å². The number of ether oxygens (including phenoxy) is 1. The van der Waals surface area contributed by atoms with Crippen LogP contribution in [0.5, 0.6) is 0 Å². The van der Waals surface area contributed by atoms with Crippen LogP contribution in [0, 0.1) is 11.8 Å². The largest absolute Gasteiger partial charge is 0.485 e. The summed E-state index contributed by atoms with van der Waals surface area (Å²) in [6.45, 7) is 7.13. The van der Waals surface area contributed by atoms with E-state index in [-0.39, 0.29) is 17.8 Å². The Morgan fingerprint density at radius 2 is 2.00 bits per heavy atom. The first-order valence-corrected chi connectivity index (χ1v) is 8.52. The predicted octanol–water partition coefficient (Wildman–Crippen LogP) is 3.96. The van der Waals surface area contributed by atoms with Crippen molar-refractivity contribution in [1.29, 1.82) is 0 Å². The molecular weight excluding hydrogens is 262 g/mol. The fourth-order valence-electron chi connectivity index (χ4n) is 3.41. The first-order chi connectivity index (χ1) is 10.2. The van der Waals surface area contributed by atoms with Crippen molar-refractivity contribution in [2.75, 3.05) is 6.54 Å². The lowest BCUT2D eigenvalue weighted by atomic mass is 9.83. The molecule has 2 aliphatic carbocycles. The molecule has 0 aromatic carbocycles. The molecule has 1 saturated carbocycles. The van der Waals surface area contributed by atoms with Gasteiger partial charge in [-0.1, -0.05) is 19.9 Å². The predicted molar refractivity (Wildman–Crippen MR) is 85.8 cm³/mol. The van der Waals surface area contributed by atoms with Gasteiger partial charge in [0.25, 0.3) is 0 Å². The van der Waals surface area contributed by atoms with E-state index in [2.05, 4.69) is 32.2 Å². The highest BCUT2D eigenvalue weighted by atomic mass is 16.5. The van der Waals surface area contributed by atoms with Gasteiger partial charge in [-0.15, -0.1) is 0 Å². The first kappa shape index (κ1) is 16.1. The van der Waals surface area contributed by atoms with Crippen LogP contribution < -0.4 is 5.32 Å². The van der Waals surface area contributed by atoms with Crippen LogP contribution in [-0.2, 0) is 9.53 Å². The van der Waals surface area contributed by atoms with Crippen molar-refractivity contribution in [2.24, 2.45) is 11.8 Å². The Labute approximate surface area is 128 Å². The van der Waals surface area contributed by atoms with Gasteiger partial charge in [0.1, 0.15) is 0 Å². The normalized spacial score (nSPS) is 32.6. The SMILES string of the molecule is CCNC1=C(\OC2CCCC2)C(=O)[C@@H](CC)C(C)C\C=C\1. The summed E-state index contributed by atoms with van der Waals surface area (Å²) >= 11 is 0. The molecule has 2 aliphatic rings. The van der Waals surface area contributed by atoms with Gasteiger partial charge < -0.3 is 10.1 Å². The van der Waals surface area contributed by atoms with E-state index < -0.39 is 0 Å². The molecule has 0 spiro atoms. The van der Waals surface area contributed by atoms with Crippen molar-refractivity contribution in [1.82, 2.24) is 5.32 Å². The van der Waals surface area contributed by atoms with Gasteiger partial charge in [-0.2, -0.15) is 0 Å². The molecule has 3 nitrogen and oxygen atoms in total. The summed E-state index contributed by atoms with van der Waals surface area (Å²) in [5.41, 5.74) is 0.875. The average Bonchev–Trinajstić information content (AvgIpc) is 2.96. The second-order valence-corrected chi connectivity index (χ2v) is 6.29. The number of nitrogens with one attached hydrogen (secondary N) is 1. The van der Waals surface area contributed by atoms with E-state index in [0.717, 1.165) is 37.9 Å². The highest BCUT2D eigenvalue weighted by Gasteiger charge is 2.31. The van der Waals surface area contributed by atoms with Crippen LogP contribution in [0.25, 0.3) is 0 Å². The fraction of sp³-hybridized carbons (Fsp3) is 0.722. The molecule has 2 rings (SSSR count). The molecule has 0 saturated heterocycles. The minimum Gasteiger partial charge on any atom is -0.485 e. The number of carbonyl (C=O) groups is 1. The molecule has 1 unspecified atom stereocenters. The standard InChI is InChI=1S/C18H29NO2/c1-4-15-13(3)9-8-12-16(19-5-2)18(17(15)20)21-14-10-6-7-11-14/h8,12-15,19H,4-7,9-11H2,1-3H3/b12-8+,18-16-/t13?,15-/m0/s1. The maximum atomic E-state index is 13.0. The fourth-order valence-corrected chi connectivity index (χ4v) is 3.41. The van der Waals surface area contributed by atoms with Crippen LogP contribution in [0.3, 0.4) is 0 Å². The van der Waals surface area contributed by atoms with Crippen LogP contribution in [0.15, 0.2) is 23.6 Å². The molecule has 0 aliphatic heterocycles. The van der Waals surface area contributed by atoms with Crippen LogP contribution in [0.2, 0.25) is 0 Å². The number of allylic oxidation sites excluding steroid dienone is 3. The van der Waals surface area contributed by atoms with E-state index in [9.17, 15) is 4.79 Å². The van der Waals surface area contributed by atoms with Crippen LogP contribution in [-0.4, -0.2) is 18.4 Å². The molecule has 118 valence electrons. The Kier molecular flexibility index (Phi) is 5.89. The number of rotatable bonds is 5. The van der Waals surface area contributed by atoms with E-state index in [1.807, 2.05) is 6.08 Å². The molecule has 21 heavy (non-hydrogen) atoms. The minimum atomic E-state index is 0.0695. The lowest BCUT2D eigenvalue weighted by molar-refractivity contribution is -0.125. The van der Waals surface area contributed by atoms with Crippen LogP contribution >= 0.6 is 0 Å². The zero-order valence-corrected chi connectivity index (χ0v) is 13.7. The lowest BCUT2D eigenvalue weighted by Gasteiger charge is -2.27. The van der Waals surface area contributed by atoms with Crippen molar-refractivity contribution in [3.05, 3.63) is 23.6 Å². The second-order valence-electron chi connectivity index (χ2n) is 6.29. The smallest absolute Gasteiger partial charge is 0.202 e. The Morgan fingerprint density at radius 1 is 1.29 bits per heavy atom. The van der Waals surface area contributed by atoms with E-state index in [1.165, 1.54) is 12.8 Å². The Hall–Kier alpha value is -1.25. The molecular formula is C18H29NO2. The van der Waals surface area contributed by atoms with Crippen molar-refractivity contribution in [2.45, 2.75) is 65.4 Å². The Balaban J connectivity index is 2.30. The quantitative estimate of drug-likeness (QED) is 0.833. The highest BCUT2D eigenvalue weighted by molar-refractivity contribution is 5.96. The van der Waals surface area contributed by atoms with Crippen molar-refractivity contribution < 1.29 is 9.53 Å². The summed E-state index contributed by atoms with van der Waals surface area (Å²) < 4.78 is 6.16. The maximum Gasteiger partial charge on any atom is 0.202 e. The minimum absolute atomic E-state index is 0.0695. The van der Waals surface area contributed by atoms with Gasteiger partial charge in [0.2, 0.25) is 5.78 Å².